The highest BCUT2D eigenvalue weighted by Crippen LogP contribution is 2.30. The number of benzene rings is 2. The predicted octanol–water partition coefficient (Wildman–Crippen LogP) is 5.05. The molecule has 1 unspecified atom stereocenters. The van der Waals surface area contributed by atoms with Gasteiger partial charge in [0.15, 0.2) is 0 Å². The van der Waals surface area contributed by atoms with Crippen LogP contribution >= 0.6 is 0 Å². The molecule has 0 saturated carbocycles. The minimum Gasteiger partial charge on any atom is -0.322 e. The van der Waals surface area contributed by atoms with Crippen LogP contribution in [0.1, 0.15) is 49.4 Å². The van der Waals surface area contributed by atoms with E-state index in [-0.39, 0.29) is 11.6 Å². The number of fused-ring (bicyclic) bond motifs is 1. The van der Waals surface area contributed by atoms with Crippen LogP contribution in [0.15, 0.2) is 59.4 Å². The van der Waals surface area contributed by atoms with E-state index in [1.54, 1.807) is 0 Å². The molecular formula is C23H28N2O. The summed E-state index contributed by atoms with van der Waals surface area (Å²) in [6, 6.07) is 19.4. The average molecular weight is 348 g/mol. The minimum absolute atomic E-state index is 0.0107. The summed E-state index contributed by atoms with van der Waals surface area (Å²) in [7, 11) is 0. The lowest BCUT2D eigenvalue weighted by Crippen LogP contribution is -2.31. The molecule has 3 aromatic rings. The lowest BCUT2D eigenvalue weighted by atomic mass is 9.95. The number of pyridine rings is 1. The molecule has 0 spiro atoms. The van der Waals surface area contributed by atoms with Crippen LogP contribution in [0.2, 0.25) is 0 Å². The Bertz CT molecular complexity index is 908. The molecule has 0 aliphatic carbocycles. The molecule has 1 atom stereocenters. The van der Waals surface area contributed by atoms with Crippen LogP contribution in [0, 0.1) is 6.92 Å². The second-order valence-electron chi connectivity index (χ2n) is 6.98. The molecule has 3 rings (SSSR count). The number of aromatic amines is 1. The van der Waals surface area contributed by atoms with Gasteiger partial charge >= 0.3 is 0 Å². The fraction of sp³-hybridized carbons (Fsp3) is 0.348. The third kappa shape index (κ3) is 3.88. The second-order valence-corrected chi connectivity index (χ2v) is 6.98. The quantitative estimate of drug-likeness (QED) is 0.649. The maximum atomic E-state index is 11.9. The fourth-order valence-corrected chi connectivity index (χ4v) is 3.70. The zero-order chi connectivity index (χ0) is 18.5. The molecule has 0 bridgehead atoms. The summed E-state index contributed by atoms with van der Waals surface area (Å²) >= 11 is 0. The van der Waals surface area contributed by atoms with Gasteiger partial charge in [0.2, 0.25) is 0 Å². The molecule has 0 aliphatic rings. The van der Waals surface area contributed by atoms with Gasteiger partial charge in [-0.15, -0.1) is 0 Å². The Morgan fingerprint density at radius 1 is 0.923 bits per heavy atom. The SMILES string of the molecule is CCCN(CCC)C(c1ccccc1)c1ccc2[nH]c(=O)c(C)cc2c1. The summed E-state index contributed by atoms with van der Waals surface area (Å²) in [6.45, 7) is 8.46. The van der Waals surface area contributed by atoms with Crippen LogP contribution in [0.4, 0.5) is 0 Å². The van der Waals surface area contributed by atoms with Gasteiger partial charge < -0.3 is 4.98 Å². The van der Waals surface area contributed by atoms with E-state index in [1.165, 1.54) is 11.1 Å². The fourth-order valence-electron chi connectivity index (χ4n) is 3.70. The molecule has 0 saturated heterocycles. The summed E-state index contributed by atoms with van der Waals surface area (Å²) in [5, 5.41) is 1.09. The monoisotopic (exact) mass is 348 g/mol. The van der Waals surface area contributed by atoms with Crippen molar-refractivity contribution in [2.24, 2.45) is 0 Å². The Morgan fingerprint density at radius 2 is 1.62 bits per heavy atom. The van der Waals surface area contributed by atoms with Crippen molar-refractivity contribution in [3.63, 3.8) is 0 Å². The molecule has 0 radical (unpaired) electrons. The number of aromatic nitrogens is 1. The summed E-state index contributed by atoms with van der Waals surface area (Å²) in [5.74, 6) is 0. The topological polar surface area (TPSA) is 36.1 Å². The number of hydrogen-bond donors (Lipinski definition) is 1. The van der Waals surface area contributed by atoms with E-state index in [1.807, 2.05) is 19.1 Å². The molecule has 0 fully saturated rings. The van der Waals surface area contributed by atoms with Crippen LogP contribution < -0.4 is 5.56 Å². The Balaban J connectivity index is 2.12. The zero-order valence-electron chi connectivity index (χ0n) is 16.0. The zero-order valence-corrected chi connectivity index (χ0v) is 16.0. The van der Waals surface area contributed by atoms with Crippen molar-refractivity contribution in [2.45, 2.75) is 39.7 Å². The normalized spacial score (nSPS) is 12.6. The van der Waals surface area contributed by atoms with Gasteiger partial charge in [-0.25, -0.2) is 0 Å². The molecule has 136 valence electrons. The maximum Gasteiger partial charge on any atom is 0.251 e. The largest absolute Gasteiger partial charge is 0.322 e. The van der Waals surface area contributed by atoms with Crippen molar-refractivity contribution in [1.82, 2.24) is 9.88 Å². The van der Waals surface area contributed by atoms with Crippen molar-refractivity contribution in [3.05, 3.63) is 81.6 Å². The molecule has 2 aromatic carbocycles. The highest BCUT2D eigenvalue weighted by atomic mass is 16.1. The van der Waals surface area contributed by atoms with Gasteiger partial charge in [0, 0.05) is 11.1 Å². The average Bonchev–Trinajstić information content (AvgIpc) is 2.64. The summed E-state index contributed by atoms with van der Waals surface area (Å²) in [6.07, 6.45) is 2.26. The third-order valence-electron chi connectivity index (χ3n) is 4.87. The Labute approximate surface area is 155 Å². The van der Waals surface area contributed by atoms with Gasteiger partial charge in [-0.3, -0.25) is 9.69 Å². The molecule has 1 aromatic heterocycles. The van der Waals surface area contributed by atoms with Crippen LogP contribution in [0.3, 0.4) is 0 Å². The molecule has 1 N–H and O–H groups in total. The number of nitrogens with one attached hydrogen (secondary N) is 1. The Hall–Kier alpha value is -2.39. The van der Waals surface area contributed by atoms with Gasteiger partial charge in [-0.05, 0) is 67.6 Å². The first kappa shape index (κ1) is 18.4. The van der Waals surface area contributed by atoms with Crippen molar-refractivity contribution < 1.29 is 0 Å². The number of hydrogen-bond acceptors (Lipinski definition) is 2. The lowest BCUT2D eigenvalue weighted by Gasteiger charge is -2.32. The van der Waals surface area contributed by atoms with Crippen molar-refractivity contribution >= 4 is 10.9 Å². The van der Waals surface area contributed by atoms with Crippen LogP contribution in [-0.2, 0) is 0 Å². The molecule has 0 amide bonds. The third-order valence-corrected chi connectivity index (χ3v) is 4.87. The van der Waals surface area contributed by atoms with Crippen LogP contribution in [0.25, 0.3) is 10.9 Å². The highest BCUT2D eigenvalue weighted by Gasteiger charge is 2.21. The number of H-pyrrole nitrogens is 1. The number of nitrogens with zero attached hydrogens (tertiary/aromatic N) is 1. The maximum absolute atomic E-state index is 11.9. The summed E-state index contributed by atoms with van der Waals surface area (Å²) in [5.41, 5.74) is 4.23. The minimum atomic E-state index is -0.0107. The number of rotatable bonds is 7. The smallest absolute Gasteiger partial charge is 0.251 e. The van der Waals surface area contributed by atoms with E-state index in [4.69, 9.17) is 0 Å². The van der Waals surface area contributed by atoms with Gasteiger partial charge in [0.25, 0.3) is 5.56 Å². The van der Waals surface area contributed by atoms with E-state index in [2.05, 4.69) is 66.2 Å². The molecule has 3 heteroatoms. The standard InChI is InChI=1S/C23H28N2O/c1-4-13-25(14-5-2)22(18-9-7-6-8-10-18)19-11-12-21-20(16-19)15-17(3)23(26)24-21/h6-12,15-16,22H,4-5,13-14H2,1-3H3,(H,24,26). The van der Waals surface area contributed by atoms with Crippen LogP contribution in [0.5, 0.6) is 0 Å². The van der Waals surface area contributed by atoms with E-state index >= 15 is 0 Å². The second kappa shape index (κ2) is 8.33. The first-order chi connectivity index (χ1) is 12.6. The molecule has 1 heterocycles. The van der Waals surface area contributed by atoms with Crippen molar-refractivity contribution in [1.29, 1.82) is 0 Å². The van der Waals surface area contributed by atoms with Crippen LogP contribution in [-0.4, -0.2) is 23.0 Å². The van der Waals surface area contributed by atoms with Gasteiger partial charge in [-0.1, -0.05) is 50.2 Å². The van der Waals surface area contributed by atoms with Crippen molar-refractivity contribution in [3.8, 4) is 0 Å². The van der Waals surface area contributed by atoms with Gasteiger partial charge in [0.05, 0.1) is 6.04 Å². The lowest BCUT2D eigenvalue weighted by molar-refractivity contribution is 0.226. The van der Waals surface area contributed by atoms with E-state index in [9.17, 15) is 4.79 Å². The van der Waals surface area contributed by atoms with Gasteiger partial charge in [-0.2, -0.15) is 0 Å². The molecule has 0 aliphatic heterocycles. The Kier molecular flexibility index (Phi) is 5.89. The highest BCUT2D eigenvalue weighted by molar-refractivity contribution is 5.80. The molecule has 26 heavy (non-hydrogen) atoms. The first-order valence-corrected chi connectivity index (χ1v) is 9.56. The Morgan fingerprint density at radius 3 is 2.27 bits per heavy atom. The molecule has 3 nitrogen and oxygen atoms in total. The molecular weight excluding hydrogens is 320 g/mol. The first-order valence-electron chi connectivity index (χ1n) is 9.56. The predicted molar refractivity (Wildman–Crippen MR) is 110 cm³/mol. The number of aryl methyl sites for hydroxylation is 1. The van der Waals surface area contributed by atoms with E-state index in [0.717, 1.165) is 42.4 Å². The summed E-state index contributed by atoms with van der Waals surface area (Å²) in [4.78, 5) is 17.4. The summed E-state index contributed by atoms with van der Waals surface area (Å²) < 4.78 is 0. The van der Waals surface area contributed by atoms with E-state index < -0.39 is 0 Å². The van der Waals surface area contributed by atoms with E-state index in [0.29, 0.717) is 0 Å². The van der Waals surface area contributed by atoms with Gasteiger partial charge in [0.1, 0.15) is 0 Å². The van der Waals surface area contributed by atoms with Crippen molar-refractivity contribution in [2.75, 3.05) is 13.1 Å².